The summed E-state index contributed by atoms with van der Waals surface area (Å²) in [5, 5.41) is 1.13. The number of nitrogens with one attached hydrogen (secondary N) is 1. The van der Waals surface area contributed by atoms with Gasteiger partial charge in [-0.3, -0.25) is 4.98 Å². The van der Waals surface area contributed by atoms with Crippen molar-refractivity contribution in [3.63, 3.8) is 0 Å². The van der Waals surface area contributed by atoms with Gasteiger partial charge in [-0.05, 0) is 78.1 Å². The number of imidazole rings is 1. The van der Waals surface area contributed by atoms with Gasteiger partial charge in [-0.2, -0.15) is 0 Å². The molecule has 3 aromatic carbocycles. The number of fused-ring (bicyclic) bond motifs is 3. The summed E-state index contributed by atoms with van der Waals surface area (Å²) in [6.07, 6.45) is 7.59. The topological polar surface area (TPSA) is 46.5 Å². The van der Waals surface area contributed by atoms with Crippen LogP contribution in [-0.2, 0) is 13.0 Å². The lowest BCUT2D eigenvalue weighted by Crippen LogP contribution is -1.98. The first-order chi connectivity index (χ1) is 16.8. The lowest BCUT2D eigenvalue weighted by molar-refractivity contribution is 0.628. The summed E-state index contributed by atoms with van der Waals surface area (Å²) >= 11 is 0. The van der Waals surface area contributed by atoms with E-state index in [1.807, 2.05) is 30.6 Å². The van der Waals surface area contributed by atoms with Crippen molar-refractivity contribution < 1.29 is 4.39 Å². The number of nitrogens with zero attached hydrogens (tertiary/aromatic N) is 3. The minimum Gasteiger partial charge on any atom is -0.354 e. The maximum absolute atomic E-state index is 13.7. The first kappa shape index (κ1) is 20.4. The predicted octanol–water partition coefficient (Wildman–Crippen LogP) is 7.02. The highest BCUT2D eigenvalue weighted by Crippen LogP contribution is 2.41. The van der Waals surface area contributed by atoms with Gasteiger partial charge >= 0.3 is 0 Å². The molecule has 0 amide bonds. The second kappa shape index (κ2) is 8.60. The van der Waals surface area contributed by atoms with Gasteiger partial charge in [-0.15, -0.1) is 0 Å². The molecule has 0 fully saturated rings. The number of halogens is 1. The molecule has 3 aromatic heterocycles. The number of pyridine rings is 1. The van der Waals surface area contributed by atoms with Gasteiger partial charge in [0.15, 0.2) is 0 Å². The van der Waals surface area contributed by atoms with E-state index in [0.717, 1.165) is 63.7 Å². The summed E-state index contributed by atoms with van der Waals surface area (Å²) in [5.74, 6) is -0.246. The third-order valence-electron chi connectivity index (χ3n) is 6.35. The summed E-state index contributed by atoms with van der Waals surface area (Å²) in [6, 6.07) is 25.4. The van der Waals surface area contributed by atoms with Crippen LogP contribution in [0.15, 0.2) is 97.6 Å². The maximum atomic E-state index is 13.7. The van der Waals surface area contributed by atoms with Crippen molar-refractivity contribution in [1.29, 1.82) is 0 Å². The van der Waals surface area contributed by atoms with Gasteiger partial charge in [0.05, 0.1) is 23.1 Å². The Balaban J connectivity index is 1.51. The van der Waals surface area contributed by atoms with Crippen LogP contribution < -0.4 is 0 Å². The minimum atomic E-state index is -0.246. The fraction of sp³-hybridized carbons (Fsp3) is 0.103. The van der Waals surface area contributed by atoms with E-state index in [0.29, 0.717) is 0 Å². The number of hydrogen-bond acceptors (Lipinski definition) is 2. The van der Waals surface area contributed by atoms with Gasteiger partial charge < -0.3 is 9.55 Å². The molecule has 166 valence electrons. The molecular weight excluding hydrogens is 423 g/mol. The summed E-state index contributed by atoms with van der Waals surface area (Å²) < 4.78 is 15.9. The monoisotopic (exact) mass is 446 g/mol. The molecule has 4 nitrogen and oxygen atoms in total. The van der Waals surface area contributed by atoms with Crippen LogP contribution >= 0.6 is 0 Å². The second-order valence-corrected chi connectivity index (χ2v) is 8.50. The Morgan fingerprint density at radius 1 is 0.824 bits per heavy atom. The van der Waals surface area contributed by atoms with E-state index < -0.39 is 0 Å². The highest BCUT2D eigenvalue weighted by Gasteiger charge is 2.19. The quantitative estimate of drug-likeness (QED) is 0.299. The number of H-pyrrole nitrogens is 1. The Kier molecular flexibility index (Phi) is 5.15. The van der Waals surface area contributed by atoms with Gasteiger partial charge in [0.1, 0.15) is 5.82 Å². The van der Waals surface area contributed by atoms with E-state index in [-0.39, 0.29) is 5.82 Å². The lowest BCUT2D eigenvalue weighted by atomic mass is 9.98. The summed E-state index contributed by atoms with van der Waals surface area (Å²) in [7, 11) is 0. The Hall–Kier alpha value is -4.25. The fourth-order valence-corrected chi connectivity index (χ4v) is 4.75. The molecule has 0 saturated carbocycles. The zero-order valence-electron chi connectivity index (χ0n) is 18.6. The highest BCUT2D eigenvalue weighted by molar-refractivity contribution is 6.15. The molecule has 0 unspecified atom stereocenters. The molecule has 6 rings (SSSR count). The van der Waals surface area contributed by atoms with Crippen LogP contribution in [0.4, 0.5) is 4.39 Å². The smallest absolute Gasteiger partial charge is 0.123 e. The molecule has 0 radical (unpaired) electrons. The molecule has 0 aliphatic heterocycles. The van der Waals surface area contributed by atoms with Crippen molar-refractivity contribution in [2.45, 2.75) is 19.4 Å². The average molecular weight is 447 g/mol. The molecule has 6 aromatic rings. The number of aromatic nitrogens is 4. The normalized spacial score (nSPS) is 11.4. The number of aryl methyl sites for hydroxylation is 2. The zero-order chi connectivity index (χ0) is 22.9. The van der Waals surface area contributed by atoms with Crippen LogP contribution in [0.3, 0.4) is 0 Å². The molecule has 1 N–H and O–H groups in total. The van der Waals surface area contributed by atoms with Crippen molar-refractivity contribution in [2.24, 2.45) is 0 Å². The van der Waals surface area contributed by atoms with Crippen molar-refractivity contribution in [2.75, 3.05) is 0 Å². The standard InChI is InChI=1S/C29H23FN4/c30-23-10-8-22(9-11-23)28-26(21-14-16-31-17-15-21)27-24(33-28)12-13-25-29(27)34(19-32-25)18-4-7-20-5-2-1-3-6-20/h1-3,5-6,8-17,19,33H,4,7,18H2. The first-order valence-corrected chi connectivity index (χ1v) is 11.5. The van der Waals surface area contributed by atoms with Gasteiger partial charge in [0, 0.05) is 35.4 Å². The van der Waals surface area contributed by atoms with Crippen LogP contribution in [0.2, 0.25) is 0 Å². The van der Waals surface area contributed by atoms with E-state index in [2.05, 4.69) is 57.0 Å². The molecule has 5 heteroatoms. The molecule has 0 spiro atoms. The van der Waals surface area contributed by atoms with Gasteiger partial charge in [-0.1, -0.05) is 30.3 Å². The van der Waals surface area contributed by atoms with Crippen LogP contribution in [0.25, 0.3) is 44.3 Å². The summed E-state index contributed by atoms with van der Waals surface area (Å²) in [5.41, 5.74) is 8.50. The SMILES string of the molecule is Fc1ccc(-c2[nH]c3ccc4ncn(CCCc5ccccc5)c4c3c2-c2ccncc2)cc1. The predicted molar refractivity (Wildman–Crippen MR) is 135 cm³/mol. The second-order valence-electron chi connectivity index (χ2n) is 8.50. The van der Waals surface area contributed by atoms with Crippen molar-refractivity contribution in [3.05, 3.63) is 109 Å². The van der Waals surface area contributed by atoms with Crippen LogP contribution in [0.1, 0.15) is 12.0 Å². The Morgan fingerprint density at radius 2 is 1.62 bits per heavy atom. The summed E-state index contributed by atoms with van der Waals surface area (Å²) in [4.78, 5) is 12.5. The molecule has 0 saturated heterocycles. The van der Waals surface area contributed by atoms with Crippen molar-refractivity contribution >= 4 is 21.9 Å². The average Bonchev–Trinajstić information content (AvgIpc) is 3.47. The Labute approximate surface area is 196 Å². The lowest BCUT2D eigenvalue weighted by Gasteiger charge is -2.09. The largest absolute Gasteiger partial charge is 0.354 e. The first-order valence-electron chi connectivity index (χ1n) is 11.5. The van der Waals surface area contributed by atoms with Crippen molar-refractivity contribution in [3.8, 4) is 22.4 Å². The highest BCUT2D eigenvalue weighted by atomic mass is 19.1. The van der Waals surface area contributed by atoms with Gasteiger partial charge in [0.25, 0.3) is 0 Å². The molecular formula is C29H23FN4. The van der Waals surface area contributed by atoms with E-state index >= 15 is 0 Å². The van der Waals surface area contributed by atoms with Gasteiger partial charge in [0.2, 0.25) is 0 Å². The van der Waals surface area contributed by atoms with Crippen molar-refractivity contribution in [1.82, 2.24) is 19.5 Å². The zero-order valence-corrected chi connectivity index (χ0v) is 18.6. The molecule has 0 aliphatic rings. The molecule has 34 heavy (non-hydrogen) atoms. The molecule has 0 bridgehead atoms. The van der Waals surface area contributed by atoms with E-state index in [4.69, 9.17) is 4.98 Å². The molecule has 0 atom stereocenters. The fourth-order valence-electron chi connectivity index (χ4n) is 4.75. The molecule has 3 heterocycles. The number of rotatable bonds is 6. The number of aromatic amines is 1. The Morgan fingerprint density at radius 3 is 2.41 bits per heavy atom. The summed E-state index contributed by atoms with van der Waals surface area (Å²) in [6.45, 7) is 0.872. The third kappa shape index (κ3) is 3.65. The number of benzene rings is 3. The minimum absolute atomic E-state index is 0.246. The number of hydrogen-bond donors (Lipinski definition) is 1. The van der Waals surface area contributed by atoms with E-state index in [1.165, 1.54) is 17.7 Å². The third-order valence-corrected chi connectivity index (χ3v) is 6.35. The van der Waals surface area contributed by atoms with E-state index in [9.17, 15) is 4.39 Å². The molecule has 0 aliphatic carbocycles. The van der Waals surface area contributed by atoms with Crippen LogP contribution in [0, 0.1) is 5.82 Å². The van der Waals surface area contributed by atoms with E-state index in [1.54, 1.807) is 12.4 Å². The van der Waals surface area contributed by atoms with Crippen LogP contribution in [0.5, 0.6) is 0 Å². The van der Waals surface area contributed by atoms with Crippen LogP contribution in [-0.4, -0.2) is 19.5 Å². The maximum Gasteiger partial charge on any atom is 0.123 e. The van der Waals surface area contributed by atoms with Gasteiger partial charge in [-0.25, -0.2) is 9.37 Å². The Bertz CT molecular complexity index is 1570.